The Hall–Kier alpha value is -2.45. The van der Waals surface area contributed by atoms with Gasteiger partial charge in [-0.3, -0.25) is 4.79 Å². The van der Waals surface area contributed by atoms with Crippen molar-refractivity contribution in [3.05, 3.63) is 82.5 Å². The van der Waals surface area contributed by atoms with E-state index in [1.54, 1.807) is 18.2 Å². The summed E-state index contributed by atoms with van der Waals surface area (Å²) in [6.45, 7) is 2.02. The Morgan fingerprint density at radius 2 is 1.86 bits per heavy atom. The number of fused-ring (bicyclic) bond motifs is 1. The zero-order chi connectivity index (χ0) is 15.5. The van der Waals surface area contributed by atoms with E-state index in [2.05, 4.69) is 4.98 Å². The quantitative estimate of drug-likeness (QED) is 0.383. The number of hydrogen-bond acceptors (Lipinski definition) is 2. The van der Waals surface area contributed by atoms with Crippen LogP contribution in [0, 0.1) is 6.92 Å². The molecule has 2 aromatic carbocycles. The van der Waals surface area contributed by atoms with Crippen LogP contribution in [0.15, 0.2) is 60.7 Å². The van der Waals surface area contributed by atoms with Gasteiger partial charge in [-0.2, -0.15) is 0 Å². The van der Waals surface area contributed by atoms with E-state index in [1.165, 1.54) is 6.08 Å². The number of aromatic nitrogens is 1. The first-order valence-corrected chi connectivity index (χ1v) is 7.36. The Morgan fingerprint density at radius 3 is 2.64 bits per heavy atom. The van der Waals surface area contributed by atoms with Gasteiger partial charge < -0.3 is 0 Å². The van der Waals surface area contributed by atoms with Gasteiger partial charge in [-0.25, -0.2) is 4.98 Å². The molecule has 1 aromatic heterocycles. The molecule has 0 spiro atoms. The van der Waals surface area contributed by atoms with Crippen LogP contribution in [0.25, 0.3) is 17.0 Å². The number of aryl methyl sites for hydroxylation is 1. The topological polar surface area (TPSA) is 30.0 Å². The highest BCUT2D eigenvalue weighted by molar-refractivity contribution is 6.31. The first kappa shape index (κ1) is 14.5. The molecule has 0 N–H and O–H groups in total. The van der Waals surface area contributed by atoms with Crippen molar-refractivity contribution in [1.29, 1.82) is 0 Å². The van der Waals surface area contributed by atoms with Gasteiger partial charge >= 0.3 is 0 Å². The molecule has 0 unspecified atom stereocenters. The third kappa shape index (κ3) is 3.07. The number of nitrogens with zero attached hydrogens (tertiary/aromatic N) is 1. The Balaban J connectivity index is 1.93. The first-order valence-electron chi connectivity index (χ1n) is 6.98. The number of benzene rings is 2. The van der Waals surface area contributed by atoms with Gasteiger partial charge in [0, 0.05) is 16.5 Å². The van der Waals surface area contributed by atoms with Gasteiger partial charge in [-0.1, -0.05) is 54.1 Å². The van der Waals surface area contributed by atoms with Gasteiger partial charge in [0.15, 0.2) is 5.78 Å². The Labute approximate surface area is 134 Å². The van der Waals surface area contributed by atoms with E-state index in [9.17, 15) is 4.79 Å². The van der Waals surface area contributed by atoms with Crippen LogP contribution in [0.4, 0.5) is 0 Å². The van der Waals surface area contributed by atoms with Crippen molar-refractivity contribution in [1.82, 2.24) is 4.98 Å². The van der Waals surface area contributed by atoms with Crippen LogP contribution >= 0.6 is 11.6 Å². The van der Waals surface area contributed by atoms with E-state index in [1.807, 2.05) is 49.4 Å². The molecule has 0 radical (unpaired) electrons. The van der Waals surface area contributed by atoms with Crippen molar-refractivity contribution < 1.29 is 4.79 Å². The van der Waals surface area contributed by atoms with Crippen molar-refractivity contribution in [3.8, 4) is 0 Å². The number of carbonyl (C=O) groups is 1. The molecule has 1 heterocycles. The predicted octanol–water partition coefficient (Wildman–Crippen LogP) is 5.09. The fourth-order valence-electron chi connectivity index (χ4n) is 2.25. The molecule has 0 aliphatic carbocycles. The Kier molecular flexibility index (Phi) is 4.03. The lowest BCUT2D eigenvalue weighted by Gasteiger charge is -2.03. The molecule has 0 fully saturated rings. The lowest BCUT2D eigenvalue weighted by molar-refractivity contribution is 0.104. The van der Waals surface area contributed by atoms with Gasteiger partial charge in [0.05, 0.1) is 5.52 Å². The smallest absolute Gasteiger partial charge is 0.185 e. The van der Waals surface area contributed by atoms with Crippen molar-refractivity contribution in [2.24, 2.45) is 0 Å². The first-order chi connectivity index (χ1) is 10.6. The number of rotatable bonds is 3. The van der Waals surface area contributed by atoms with Crippen LogP contribution < -0.4 is 0 Å². The lowest BCUT2D eigenvalue weighted by atomic mass is 10.1. The largest absolute Gasteiger partial charge is 0.289 e. The maximum absolute atomic E-state index is 12.1. The zero-order valence-corrected chi connectivity index (χ0v) is 12.8. The standard InChI is InChI=1S/C19H14ClNO/c1-13-7-8-15-12-16(19(20)21-17(15)11-13)9-10-18(22)14-5-3-2-4-6-14/h2-12H,1H3/b10-9+. The summed E-state index contributed by atoms with van der Waals surface area (Å²) >= 11 is 6.21. The summed E-state index contributed by atoms with van der Waals surface area (Å²) in [6.07, 6.45) is 3.24. The number of pyridine rings is 1. The van der Waals surface area contributed by atoms with Crippen molar-refractivity contribution in [2.45, 2.75) is 6.92 Å². The molecule has 0 amide bonds. The molecule has 108 valence electrons. The number of hydrogen-bond donors (Lipinski definition) is 0. The van der Waals surface area contributed by atoms with Crippen LogP contribution in [0.5, 0.6) is 0 Å². The molecule has 3 aromatic rings. The van der Waals surface area contributed by atoms with E-state index in [-0.39, 0.29) is 5.78 Å². The van der Waals surface area contributed by atoms with Crippen LogP contribution in [0.3, 0.4) is 0 Å². The minimum Gasteiger partial charge on any atom is -0.289 e. The predicted molar refractivity (Wildman–Crippen MR) is 91.3 cm³/mol. The Morgan fingerprint density at radius 1 is 1.09 bits per heavy atom. The second-order valence-electron chi connectivity index (χ2n) is 5.13. The zero-order valence-electron chi connectivity index (χ0n) is 12.1. The highest BCUT2D eigenvalue weighted by Gasteiger charge is 2.04. The Bertz CT molecular complexity index is 869. The van der Waals surface area contributed by atoms with Crippen LogP contribution in [0.2, 0.25) is 5.15 Å². The van der Waals surface area contributed by atoms with E-state index < -0.39 is 0 Å². The molecule has 22 heavy (non-hydrogen) atoms. The van der Waals surface area contributed by atoms with Crippen LogP contribution in [-0.2, 0) is 0 Å². The second-order valence-corrected chi connectivity index (χ2v) is 5.49. The molecule has 0 aliphatic rings. The summed E-state index contributed by atoms with van der Waals surface area (Å²) in [4.78, 5) is 16.5. The average molecular weight is 308 g/mol. The van der Waals surface area contributed by atoms with Gasteiger partial charge in [0.2, 0.25) is 0 Å². The van der Waals surface area contributed by atoms with Crippen LogP contribution in [0.1, 0.15) is 21.5 Å². The number of allylic oxidation sites excluding steroid dienone is 1. The molecular weight excluding hydrogens is 294 g/mol. The molecule has 0 atom stereocenters. The van der Waals surface area contributed by atoms with Gasteiger partial charge in [0.25, 0.3) is 0 Å². The summed E-state index contributed by atoms with van der Waals surface area (Å²) in [7, 11) is 0. The number of carbonyl (C=O) groups excluding carboxylic acids is 1. The average Bonchev–Trinajstić information content (AvgIpc) is 2.53. The second kappa shape index (κ2) is 6.12. The van der Waals surface area contributed by atoms with E-state index in [0.717, 1.165) is 22.0 Å². The van der Waals surface area contributed by atoms with Gasteiger partial charge in [0.1, 0.15) is 5.15 Å². The fourth-order valence-corrected chi connectivity index (χ4v) is 2.46. The molecular formula is C19H14ClNO. The normalized spacial score (nSPS) is 11.2. The highest BCUT2D eigenvalue weighted by Crippen LogP contribution is 2.22. The van der Waals surface area contributed by atoms with Crippen molar-refractivity contribution >= 4 is 34.4 Å². The third-order valence-electron chi connectivity index (χ3n) is 3.43. The highest BCUT2D eigenvalue weighted by atomic mass is 35.5. The van der Waals surface area contributed by atoms with Crippen LogP contribution in [-0.4, -0.2) is 10.8 Å². The minimum atomic E-state index is -0.0549. The maximum atomic E-state index is 12.1. The van der Waals surface area contributed by atoms with E-state index in [0.29, 0.717) is 10.7 Å². The summed E-state index contributed by atoms with van der Waals surface area (Å²) < 4.78 is 0. The lowest BCUT2D eigenvalue weighted by Crippen LogP contribution is -1.93. The molecule has 3 rings (SSSR count). The number of halogens is 1. The molecule has 3 heteroatoms. The van der Waals surface area contributed by atoms with Gasteiger partial charge in [-0.15, -0.1) is 0 Å². The molecule has 2 nitrogen and oxygen atoms in total. The van der Waals surface area contributed by atoms with Crippen molar-refractivity contribution in [3.63, 3.8) is 0 Å². The number of ketones is 1. The SMILES string of the molecule is Cc1ccc2cc(/C=C/C(=O)c3ccccc3)c(Cl)nc2c1. The molecule has 0 aliphatic heterocycles. The van der Waals surface area contributed by atoms with Crippen molar-refractivity contribution in [2.75, 3.05) is 0 Å². The molecule has 0 saturated heterocycles. The summed E-state index contributed by atoms with van der Waals surface area (Å²) in [5, 5.41) is 1.40. The van der Waals surface area contributed by atoms with E-state index in [4.69, 9.17) is 11.6 Å². The monoisotopic (exact) mass is 307 g/mol. The fraction of sp³-hybridized carbons (Fsp3) is 0.0526. The summed E-state index contributed by atoms with van der Waals surface area (Å²) in [5.74, 6) is -0.0549. The minimum absolute atomic E-state index is 0.0549. The maximum Gasteiger partial charge on any atom is 0.185 e. The van der Waals surface area contributed by atoms with Gasteiger partial charge in [-0.05, 0) is 36.8 Å². The summed E-state index contributed by atoms with van der Waals surface area (Å²) in [5.41, 5.74) is 3.39. The molecule has 0 saturated carbocycles. The molecule has 0 bridgehead atoms. The van der Waals surface area contributed by atoms with E-state index >= 15 is 0 Å². The third-order valence-corrected chi connectivity index (χ3v) is 3.73. The summed E-state index contributed by atoms with van der Waals surface area (Å²) in [6, 6.07) is 17.1.